The Morgan fingerprint density at radius 1 is 1.32 bits per heavy atom. The largest absolute Gasteiger partial charge is 0.486 e. The number of sulfonamides is 1. The van der Waals surface area contributed by atoms with Gasteiger partial charge in [-0.15, -0.1) is 0 Å². The van der Waals surface area contributed by atoms with Gasteiger partial charge >= 0.3 is 0 Å². The summed E-state index contributed by atoms with van der Waals surface area (Å²) in [6.07, 6.45) is 1.79. The SMILES string of the molecule is C=CC(=O)NC1CCN(S(=O)(=O)c2ccc3c(c2)OCCO3)CC1C. The summed E-state index contributed by atoms with van der Waals surface area (Å²) < 4.78 is 38.2. The molecule has 2 aliphatic rings. The lowest BCUT2D eigenvalue weighted by molar-refractivity contribution is -0.117. The number of nitrogens with one attached hydrogen (secondary N) is 1. The molecule has 1 fully saturated rings. The van der Waals surface area contributed by atoms with Crippen molar-refractivity contribution < 1.29 is 22.7 Å². The number of ether oxygens (including phenoxy) is 2. The van der Waals surface area contributed by atoms with Crippen LogP contribution in [0.5, 0.6) is 11.5 Å². The highest BCUT2D eigenvalue weighted by molar-refractivity contribution is 7.89. The van der Waals surface area contributed by atoms with Crippen LogP contribution in [-0.4, -0.2) is 51.0 Å². The fraction of sp³-hybridized carbons (Fsp3) is 0.471. The molecule has 136 valence electrons. The molecular formula is C17H22N2O5S. The summed E-state index contributed by atoms with van der Waals surface area (Å²) in [7, 11) is -3.62. The summed E-state index contributed by atoms with van der Waals surface area (Å²) in [5, 5.41) is 2.86. The summed E-state index contributed by atoms with van der Waals surface area (Å²) in [6, 6.07) is 4.62. The van der Waals surface area contributed by atoms with Crippen molar-refractivity contribution in [1.29, 1.82) is 0 Å². The van der Waals surface area contributed by atoms with Crippen molar-refractivity contribution in [1.82, 2.24) is 9.62 Å². The van der Waals surface area contributed by atoms with Crippen molar-refractivity contribution in [3.63, 3.8) is 0 Å². The summed E-state index contributed by atoms with van der Waals surface area (Å²) in [5.41, 5.74) is 0. The Morgan fingerprint density at radius 2 is 2.04 bits per heavy atom. The second kappa shape index (κ2) is 7.05. The fourth-order valence-corrected chi connectivity index (χ4v) is 4.69. The van der Waals surface area contributed by atoms with Gasteiger partial charge in [0, 0.05) is 25.2 Å². The van der Waals surface area contributed by atoms with Crippen LogP contribution in [0.2, 0.25) is 0 Å². The standard InChI is InChI=1S/C17H22N2O5S/c1-3-17(20)18-14-6-7-19(11-12(14)2)25(21,22)13-4-5-15-16(10-13)24-9-8-23-15/h3-5,10,12,14H,1,6-9,11H2,2H3,(H,18,20). The average molecular weight is 366 g/mol. The summed E-state index contributed by atoms with van der Waals surface area (Å²) in [6.45, 7) is 6.93. The predicted molar refractivity (Wildman–Crippen MR) is 92.1 cm³/mol. The van der Waals surface area contributed by atoms with Crippen molar-refractivity contribution in [3.05, 3.63) is 30.9 Å². The van der Waals surface area contributed by atoms with Gasteiger partial charge in [0.1, 0.15) is 13.2 Å². The zero-order valence-corrected chi connectivity index (χ0v) is 14.9. The second-order valence-electron chi connectivity index (χ2n) is 6.25. The Bertz CT molecular complexity index is 777. The number of amides is 1. The molecule has 2 unspecified atom stereocenters. The molecule has 1 aromatic rings. The van der Waals surface area contributed by atoms with Crippen LogP contribution in [0.15, 0.2) is 35.7 Å². The minimum Gasteiger partial charge on any atom is -0.486 e. The van der Waals surface area contributed by atoms with Gasteiger partial charge < -0.3 is 14.8 Å². The summed E-state index contributed by atoms with van der Waals surface area (Å²) in [4.78, 5) is 11.7. The third-order valence-corrected chi connectivity index (χ3v) is 6.39. The number of carbonyl (C=O) groups is 1. The van der Waals surface area contributed by atoms with Crippen molar-refractivity contribution >= 4 is 15.9 Å². The van der Waals surface area contributed by atoms with Crippen LogP contribution in [0.3, 0.4) is 0 Å². The zero-order valence-electron chi connectivity index (χ0n) is 14.1. The van der Waals surface area contributed by atoms with Crippen LogP contribution in [0.1, 0.15) is 13.3 Å². The summed E-state index contributed by atoms with van der Waals surface area (Å²) in [5.74, 6) is 0.780. The smallest absolute Gasteiger partial charge is 0.243 e. The number of hydrogen-bond donors (Lipinski definition) is 1. The highest BCUT2D eigenvalue weighted by Crippen LogP contribution is 2.34. The molecule has 0 saturated carbocycles. The molecule has 7 nitrogen and oxygen atoms in total. The van der Waals surface area contributed by atoms with Crippen LogP contribution in [0, 0.1) is 5.92 Å². The van der Waals surface area contributed by atoms with Crippen LogP contribution in [-0.2, 0) is 14.8 Å². The van der Waals surface area contributed by atoms with Gasteiger partial charge in [-0.3, -0.25) is 4.79 Å². The van der Waals surface area contributed by atoms with Crippen molar-refractivity contribution in [3.8, 4) is 11.5 Å². The molecule has 2 atom stereocenters. The van der Waals surface area contributed by atoms with E-state index in [-0.39, 0.29) is 22.8 Å². The average Bonchev–Trinajstić information content (AvgIpc) is 2.62. The Morgan fingerprint density at radius 3 is 2.72 bits per heavy atom. The lowest BCUT2D eigenvalue weighted by Crippen LogP contribution is -2.51. The van der Waals surface area contributed by atoms with E-state index >= 15 is 0 Å². The highest BCUT2D eigenvalue weighted by Gasteiger charge is 2.34. The molecule has 0 aliphatic carbocycles. The van der Waals surface area contributed by atoms with Crippen molar-refractivity contribution in [2.24, 2.45) is 5.92 Å². The summed E-state index contributed by atoms with van der Waals surface area (Å²) >= 11 is 0. The Hall–Kier alpha value is -2.06. The first-order valence-electron chi connectivity index (χ1n) is 8.24. The zero-order chi connectivity index (χ0) is 18.0. The van der Waals surface area contributed by atoms with E-state index in [0.29, 0.717) is 44.2 Å². The van der Waals surface area contributed by atoms with E-state index in [1.807, 2.05) is 6.92 Å². The van der Waals surface area contributed by atoms with E-state index in [9.17, 15) is 13.2 Å². The first kappa shape index (κ1) is 17.8. The van der Waals surface area contributed by atoms with E-state index in [1.54, 1.807) is 12.1 Å². The van der Waals surface area contributed by atoms with Crippen molar-refractivity contribution in [2.75, 3.05) is 26.3 Å². The number of piperidine rings is 1. The van der Waals surface area contributed by atoms with Gasteiger partial charge in [0.05, 0.1) is 4.90 Å². The molecule has 1 aromatic carbocycles. The number of nitrogens with zero attached hydrogens (tertiary/aromatic N) is 1. The third kappa shape index (κ3) is 3.64. The molecule has 1 amide bonds. The molecular weight excluding hydrogens is 344 g/mol. The Labute approximate surface area is 147 Å². The lowest BCUT2D eigenvalue weighted by Gasteiger charge is -2.36. The minimum atomic E-state index is -3.62. The maximum atomic E-state index is 12.9. The predicted octanol–water partition coefficient (Wildman–Crippen LogP) is 1.16. The number of fused-ring (bicyclic) bond motifs is 1. The molecule has 25 heavy (non-hydrogen) atoms. The topological polar surface area (TPSA) is 84.9 Å². The first-order valence-corrected chi connectivity index (χ1v) is 9.68. The first-order chi connectivity index (χ1) is 11.9. The number of hydrogen-bond acceptors (Lipinski definition) is 5. The van der Waals surface area contributed by atoms with E-state index in [2.05, 4.69) is 11.9 Å². The molecule has 1 saturated heterocycles. The third-order valence-electron chi connectivity index (χ3n) is 4.53. The molecule has 0 bridgehead atoms. The number of carbonyl (C=O) groups excluding carboxylic acids is 1. The van der Waals surface area contributed by atoms with Gasteiger partial charge in [-0.25, -0.2) is 8.42 Å². The highest BCUT2D eigenvalue weighted by atomic mass is 32.2. The number of benzene rings is 1. The van der Waals surface area contributed by atoms with Gasteiger partial charge in [0.2, 0.25) is 15.9 Å². The van der Waals surface area contributed by atoms with Crippen LogP contribution in [0.4, 0.5) is 0 Å². The lowest BCUT2D eigenvalue weighted by atomic mass is 9.95. The normalized spacial score (nSPS) is 23.7. The maximum Gasteiger partial charge on any atom is 0.243 e. The molecule has 2 aliphatic heterocycles. The van der Waals surface area contributed by atoms with E-state index in [1.165, 1.54) is 16.4 Å². The molecule has 1 N–H and O–H groups in total. The molecule has 8 heteroatoms. The maximum absolute atomic E-state index is 12.9. The van der Waals surface area contributed by atoms with Gasteiger partial charge in [-0.1, -0.05) is 13.5 Å². The van der Waals surface area contributed by atoms with Crippen LogP contribution < -0.4 is 14.8 Å². The quantitative estimate of drug-likeness (QED) is 0.809. The van der Waals surface area contributed by atoms with Gasteiger partial charge in [0.15, 0.2) is 11.5 Å². The number of rotatable bonds is 4. The fourth-order valence-electron chi connectivity index (χ4n) is 3.11. The Kier molecular flexibility index (Phi) is 5.01. The second-order valence-corrected chi connectivity index (χ2v) is 8.19. The van der Waals surface area contributed by atoms with Gasteiger partial charge in [-0.05, 0) is 30.5 Å². The van der Waals surface area contributed by atoms with Crippen LogP contribution >= 0.6 is 0 Å². The molecule has 2 heterocycles. The molecule has 0 aromatic heterocycles. The van der Waals surface area contributed by atoms with Crippen molar-refractivity contribution in [2.45, 2.75) is 24.3 Å². The van der Waals surface area contributed by atoms with E-state index in [0.717, 1.165) is 0 Å². The molecule has 0 spiro atoms. The molecule has 3 rings (SSSR count). The van der Waals surface area contributed by atoms with Gasteiger partial charge in [-0.2, -0.15) is 4.31 Å². The minimum absolute atomic E-state index is 0.00429. The van der Waals surface area contributed by atoms with E-state index < -0.39 is 10.0 Å². The Balaban J connectivity index is 1.75. The monoisotopic (exact) mass is 366 g/mol. The van der Waals surface area contributed by atoms with E-state index in [4.69, 9.17) is 9.47 Å². The van der Waals surface area contributed by atoms with Gasteiger partial charge in [0.25, 0.3) is 0 Å². The molecule has 0 radical (unpaired) electrons. The van der Waals surface area contributed by atoms with Crippen LogP contribution in [0.25, 0.3) is 0 Å².